The molecule has 5 heteroatoms. The lowest BCUT2D eigenvalue weighted by molar-refractivity contribution is 0.590. The van der Waals surface area contributed by atoms with Crippen molar-refractivity contribution in [3.05, 3.63) is 64.6 Å². The molecule has 0 spiro atoms. The number of benzene rings is 2. The third-order valence-corrected chi connectivity index (χ3v) is 4.86. The first-order chi connectivity index (χ1) is 11.8. The van der Waals surface area contributed by atoms with Crippen LogP contribution in [0.4, 0.5) is 5.69 Å². The number of anilines is 1. The summed E-state index contributed by atoms with van der Waals surface area (Å²) >= 11 is 0. The molecule has 2 N–H and O–H groups in total. The zero-order chi connectivity index (χ0) is 16.5. The minimum atomic E-state index is -0.0519. The van der Waals surface area contributed by atoms with Gasteiger partial charge in [-0.2, -0.15) is 0 Å². The van der Waals surface area contributed by atoms with E-state index in [1.807, 2.05) is 34.9 Å². The largest absolute Gasteiger partial charge is 0.367 e. The molecule has 0 unspecified atom stereocenters. The van der Waals surface area contributed by atoms with Crippen LogP contribution in [0.15, 0.2) is 53.3 Å². The summed E-state index contributed by atoms with van der Waals surface area (Å²) in [6, 6.07) is 16.3. The quantitative estimate of drug-likeness (QED) is 0.778. The number of nitrogens with zero attached hydrogens (tertiary/aromatic N) is 2. The highest BCUT2D eigenvalue weighted by molar-refractivity contribution is 5.89. The average molecular weight is 322 g/mol. The summed E-state index contributed by atoms with van der Waals surface area (Å²) in [4.78, 5) is 18.1. The Morgan fingerprint density at radius 1 is 1.00 bits per heavy atom. The number of aromatic nitrogens is 2. The maximum Gasteiger partial charge on any atom is 0.327 e. The van der Waals surface area contributed by atoms with E-state index in [0.717, 1.165) is 48.5 Å². The van der Waals surface area contributed by atoms with Crippen molar-refractivity contribution < 1.29 is 0 Å². The Hall–Kier alpha value is -2.53. The smallest absolute Gasteiger partial charge is 0.327 e. The van der Waals surface area contributed by atoms with Crippen molar-refractivity contribution >= 4 is 16.7 Å². The van der Waals surface area contributed by atoms with E-state index in [1.54, 1.807) is 0 Å². The minimum Gasteiger partial charge on any atom is -0.367 e. The molecule has 0 amide bonds. The van der Waals surface area contributed by atoms with E-state index in [9.17, 15) is 4.79 Å². The van der Waals surface area contributed by atoms with Crippen LogP contribution in [0.25, 0.3) is 11.0 Å². The lowest BCUT2D eigenvalue weighted by Crippen LogP contribution is -2.43. The van der Waals surface area contributed by atoms with E-state index in [2.05, 4.69) is 40.3 Å². The minimum absolute atomic E-state index is 0.00859. The van der Waals surface area contributed by atoms with E-state index < -0.39 is 0 Å². The molecule has 1 fully saturated rings. The first-order valence-corrected chi connectivity index (χ1v) is 8.49. The molecule has 4 rings (SSSR count). The van der Waals surface area contributed by atoms with Crippen molar-refractivity contribution in [1.29, 1.82) is 0 Å². The van der Waals surface area contributed by atoms with Gasteiger partial charge in [-0.15, -0.1) is 0 Å². The molecule has 0 radical (unpaired) electrons. The number of rotatable bonds is 3. The van der Waals surface area contributed by atoms with Crippen molar-refractivity contribution in [2.75, 3.05) is 31.1 Å². The van der Waals surface area contributed by atoms with Gasteiger partial charge >= 0.3 is 5.69 Å². The molecule has 3 aromatic rings. The Balaban J connectivity index is 1.83. The summed E-state index contributed by atoms with van der Waals surface area (Å²) in [5, 5.41) is 3.37. The van der Waals surface area contributed by atoms with Gasteiger partial charge in [0, 0.05) is 26.2 Å². The van der Waals surface area contributed by atoms with Gasteiger partial charge in [-0.1, -0.05) is 36.4 Å². The van der Waals surface area contributed by atoms with Crippen LogP contribution in [0.5, 0.6) is 0 Å². The Labute approximate surface area is 140 Å². The SMILES string of the molecule is C[C@H](c1ccccc1)n1c(=O)[nH]c2c(N3CCNCC3)cccc21. The standard InChI is InChI=1S/C19H22N4O/c1-14(15-6-3-2-4-7-15)23-17-9-5-8-16(18(17)21-19(23)24)22-12-10-20-11-13-22/h2-9,14,20H,10-13H2,1H3,(H,21,24)/t14-/m1/s1. The summed E-state index contributed by atoms with van der Waals surface area (Å²) < 4.78 is 1.86. The van der Waals surface area contributed by atoms with Gasteiger partial charge in [0.05, 0.1) is 22.8 Å². The van der Waals surface area contributed by atoms with Crippen molar-refractivity contribution in [3.8, 4) is 0 Å². The van der Waals surface area contributed by atoms with Crippen LogP contribution in [0.1, 0.15) is 18.5 Å². The summed E-state index contributed by atoms with van der Waals surface area (Å²) in [5.74, 6) is 0. The Morgan fingerprint density at radius 2 is 1.75 bits per heavy atom. The molecular weight excluding hydrogens is 300 g/mol. The predicted molar refractivity (Wildman–Crippen MR) is 97.9 cm³/mol. The second kappa shape index (κ2) is 6.17. The second-order valence-corrected chi connectivity index (χ2v) is 6.30. The maximum absolute atomic E-state index is 12.7. The number of fused-ring (bicyclic) bond motifs is 1. The van der Waals surface area contributed by atoms with Crippen LogP contribution in [0, 0.1) is 0 Å². The van der Waals surface area contributed by atoms with E-state index in [1.165, 1.54) is 0 Å². The molecule has 124 valence electrons. The molecule has 1 aliphatic heterocycles. The van der Waals surface area contributed by atoms with Crippen LogP contribution in [0.3, 0.4) is 0 Å². The highest BCUT2D eigenvalue weighted by Crippen LogP contribution is 2.28. The van der Waals surface area contributed by atoms with Crippen molar-refractivity contribution in [2.24, 2.45) is 0 Å². The fraction of sp³-hybridized carbons (Fsp3) is 0.316. The lowest BCUT2D eigenvalue weighted by atomic mass is 10.1. The van der Waals surface area contributed by atoms with Crippen molar-refractivity contribution in [1.82, 2.24) is 14.9 Å². The topological polar surface area (TPSA) is 53.1 Å². The van der Waals surface area contributed by atoms with Crippen molar-refractivity contribution in [3.63, 3.8) is 0 Å². The van der Waals surface area contributed by atoms with Gasteiger partial charge in [-0.25, -0.2) is 4.79 Å². The van der Waals surface area contributed by atoms with E-state index in [-0.39, 0.29) is 11.7 Å². The van der Waals surface area contributed by atoms with Crippen LogP contribution in [-0.2, 0) is 0 Å². The van der Waals surface area contributed by atoms with Gasteiger partial charge in [0.2, 0.25) is 0 Å². The molecule has 0 saturated carbocycles. The molecule has 0 bridgehead atoms. The summed E-state index contributed by atoms with van der Waals surface area (Å²) in [6.07, 6.45) is 0. The molecule has 1 saturated heterocycles. The number of hydrogen-bond donors (Lipinski definition) is 2. The Kier molecular flexibility index (Phi) is 3.86. The summed E-state index contributed by atoms with van der Waals surface area (Å²) in [5.41, 5.74) is 4.10. The normalized spacial score (nSPS) is 16.5. The average Bonchev–Trinajstić information content (AvgIpc) is 2.98. The highest BCUT2D eigenvalue weighted by atomic mass is 16.1. The van der Waals surface area contributed by atoms with Crippen LogP contribution < -0.4 is 15.9 Å². The molecule has 0 aliphatic carbocycles. The Bertz CT molecular complexity index is 891. The van der Waals surface area contributed by atoms with Gasteiger partial charge in [-0.3, -0.25) is 4.57 Å². The zero-order valence-corrected chi connectivity index (χ0v) is 13.8. The fourth-order valence-corrected chi connectivity index (χ4v) is 3.57. The third kappa shape index (κ3) is 2.51. The van der Waals surface area contributed by atoms with Crippen LogP contribution in [-0.4, -0.2) is 35.7 Å². The summed E-state index contributed by atoms with van der Waals surface area (Å²) in [6.45, 7) is 5.94. The predicted octanol–water partition coefficient (Wildman–Crippen LogP) is 2.35. The molecule has 2 heterocycles. The number of nitrogens with one attached hydrogen (secondary N) is 2. The van der Waals surface area contributed by atoms with Crippen LogP contribution in [0.2, 0.25) is 0 Å². The van der Waals surface area contributed by atoms with Crippen molar-refractivity contribution in [2.45, 2.75) is 13.0 Å². The second-order valence-electron chi connectivity index (χ2n) is 6.30. The van der Waals surface area contributed by atoms with Gasteiger partial charge in [-0.05, 0) is 24.6 Å². The number of aromatic amines is 1. The summed E-state index contributed by atoms with van der Waals surface area (Å²) in [7, 11) is 0. The third-order valence-electron chi connectivity index (χ3n) is 4.86. The van der Waals surface area contributed by atoms with Gasteiger partial charge < -0.3 is 15.2 Å². The monoisotopic (exact) mass is 322 g/mol. The van der Waals surface area contributed by atoms with E-state index in [4.69, 9.17) is 0 Å². The number of H-pyrrole nitrogens is 1. The molecule has 1 atom stereocenters. The molecule has 5 nitrogen and oxygen atoms in total. The van der Waals surface area contributed by atoms with Gasteiger partial charge in [0.1, 0.15) is 0 Å². The number of hydrogen-bond acceptors (Lipinski definition) is 3. The van der Waals surface area contributed by atoms with Gasteiger partial charge in [0.25, 0.3) is 0 Å². The van der Waals surface area contributed by atoms with E-state index >= 15 is 0 Å². The zero-order valence-electron chi connectivity index (χ0n) is 13.8. The fourth-order valence-electron chi connectivity index (χ4n) is 3.57. The lowest BCUT2D eigenvalue weighted by Gasteiger charge is -2.29. The molecule has 2 aromatic carbocycles. The molecule has 1 aromatic heterocycles. The number of piperazine rings is 1. The molecular formula is C19H22N4O. The Morgan fingerprint density at radius 3 is 2.50 bits per heavy atom. The first-order valence-electron chi connectivity index (χ1n) is 8.49. The van der Waals surface area contributed by atoms with E-state index in [0.29, 0.717) is 0 Å². The van der Waals surface area contributed by atoms with Gasteiger partial charge in [0.15, 0.2) is 0 Å². The number of para-hydroxylation sites is 1. The molecule has 1 aliphatic rings. The first kappa shape index (κ1) is 15.0. The maximum atomic E-state index is 12.7. The number of imidazole rings is 1. The highest BCUT2D eigenvalue weighted by Gasteiger charge is 2.19. The molecule has 24 heavy (non-hydrogen) atoms. The van der Waals surface area contributed by atoms with Crippen LogP contribution >= 0.6 is 0 Å².